The van der Waals surface area contributed by atoms with Crippen LogP contribution in [0.5, 0.6) is 0 Å². The number of hydrogen-bond acceptors (Lipinski definition) is 3. The van der Waals surface area contributed by atoms with Gasteiger partial charge in [0, 0.05) is 6.20 Å². The van der Waals surface area contributed by atoms with Crippen molar-refractivity contribution in [1.29, 1.82) is 10.5 Å². The first-order valence-corrected chi connectivity index (χ1v) is 2.95. The SMILES string of the molecule is N#CCOn1ccc(C#N)c1. The Balaban J connectivity index is 2.62. The van der Waals surface area contributed by atoms with E-state index in [0.29, 0.717) is 5.56 Å². The Morgan fingerprint density at radius 1 is 1.55 bits per heavy atom. The molecule has 0 saturated carbocycles. The molecule has 0 aromatic carbocycles. The Morgan fingerprint density at radius 2 is 2.36 bits per heavy atom. The van der Waals surface area contributed by atoms with Crippen molar-refractivity contribution in [3.8, 4) is 12.1 Å². The second kappa shape index (κ2) is 3.28. The van der Waals surface area contributed by atoms with Crippen molar-refractivity contribution in [3.05, 3.63) is 24.0 Å². The van der Waals surface area contributed by atoms with E-state index in [2.05, 4.69) is 0 Å². The van der Waals surface area contributed by atoms with E-state index >= 15 is 0 Å². The first kappa shape index (κ1) is 7.17. The highest BCUT2D eigenvalue weighted by Crippen LogP contribution is 1.95. The Labute approximate surface area is 63.8 Å². The molecule has 1 aromatic rings. The van der Waals surface area contributed by atoms with Gasteiger partial charge in [0.2, 0.25) is 6.61 Å². The molecule has 0 aliphatic carbocycles. The topological polar surface area (TPSA) is 61.7 Å². The molecule has 0 N–H and O–H groups in total. The maximum atomic E-state index is 8.39. The van der Waals surface area contributed by atoms with Gasteiger partial charge >= 0.3 is 0 Å². The summed E-state index contributed by atoms with van der Waals surface area (Å²) in [6.07, 6.45) is 3.09. The third kappa shape index (κ3) is 1.74. The van der Waals surface area contributed by atoms with Crippen LogP contribution in [0.2, 0.25) is 0 Å². The summed E-state index contributed by atoms with van der Waals surface area (Å²) in [5.74, 6) is 0. The summed E-state index contributed by atoms with van der Waals surface area (Å²) in [7, 11) is 0. The number of nitrogens with zero attached hydrogens (tertiary/aromatic N) is 3. The minimum atomic E-state index is -0.0143. The Bertz CT molecular complexity index is 315. The van der Waals surface area contributed by atoms with Crippen LogP contribution in [-0.4, -0.2) is 11.3 Å². The molecule has 0 unspecified atom stereocenters. The van der Waals surface area contributed by atoms with Gasteiger partial charge in [-0.05, 0) is 6.07 Å². The molecule has 0 aliphatic heterocycles. The van der Waals surface area contributed by atoms with Gasteiger partial charge in [-0.1, -0.05) is 0 Å². The lowest BCUT2D eigenvalue weighted by Gasteiger charge is -1.98. The third-order valence-electron chi connectivity index (χ3n) is 1.07. The number of aromatic nitrogens is 1. The predicted octanol–water partition coefficient (Wildman–Crippen LogP) is 0.312. The number of hydrogen-bond donors (Lipinski definition) is 0. The zero-order valence-electron chi connectivity index (χ0n) is 5.69. The highest BCUT2D eigenvalue weighted by molar-refractivity contribution is 5.24. The first-order valence-electron chi connectivity index (χ1n) is 2.95. The third-order valence-corrected chi connectivity index (χ3v) is 1.07. The van der Waals surface area contributed by atoms with Crippen molar-refractivity contribution in [1.82, 2.24) is 4.73 Å². The van der Waals surface area contributed by atoms with E-state index in [4.69, 9.17) is 15.4 Å². The zero-order chi connectivity index (χ0) is 8.10. The van der Waals surface area contributed by atoms with Crippen LogP contribution < -0.4 is 4.84 Å². The largest absolute Gasteiger partial charge is 0.399 e. The summed E-state index contributed by atoms with van der Waals surface area (Å²) >= 11 is 0. The molecule has 4 nitrogen and oxygen atoms in total. The second-order valence-corrected chi connectivity index (χ2v) is 1.80. The molecule has 11 heavy (non-hydrogen) atoms. The molecule has 0 atom stereocenters. The quantitative estimate of drug-likeness (QED) is 0.604. The van der Waals surface area contributed by atoms with Crippen molar-refractivity contribution >= 4 is 0 Å². The second-order valence-electron chi connectivity index (χ2n) is 1.80. The van der Waals surface area contributed by atoms with Gasteiger partial charge in [-0.3, -0.25) is 0 Å². The normalized spacial score (nSPS) is 8.18. The molecule has 1 rings (SSSR count). The molecule has 0 radical (unpaired) electrons. The smallest absolute Gasteiger partial charge is 0.200 e. The van der Waals surface area contributed by atoms with Crippen molar-refractivity contribution in [2.24, 2.45) is 0 Å². The van der Waals surface area contributed by atoms with Gasteiger partial charge in [-0.2, -0.15) is 15.3 Å². The molecule has 0 saturated heterocycles. The van der Waals surface area contributed by atoms with Gasteiger partial charge in [0.1, 0.15) is 12.1 Å². The lowest BCUT2D eigenvalue weighted by Crippen LogP contribution is -2.08. The van der Waals surface area contributed by atoms with Crippen molar-refractivity contribution in [2.75, 3.05) is 6.61 Å². The van der Waals surface area contributed by atoms with Gasteiger partial charge in [-0.25, -0.2) is 0 Å². The van der Waals surface area contributed by atoms with Gasteiger partial charge in [0.15, 0.2) is 0 Å². The van der Waals surface area contributed by atoms with E-state index in [0.717, 1.165) is 0 Å². The van der Waals surface area contributed by atoms with E-state index < -0.39 is 0 Å². The monoisotopic (exact) mass is 147 g/mol. The standard InChI is InChI=1S/C7H5N3O/c8-2-4-11-10-3-1-7(5-9)6-10/h1,3,6H,4H2. The lowest BCUT2D eigenvalue weighted by atomic mass is 10.4. The van der Waals surface area contributed by atoms with Gasteiger partial charge in [-0.15, -0.1) is 0 Å². The van der Waals surface area contributed by atoms with Crippen LogP contribution in [0.15, 0.2) is 18.5 Å². The van der Waals surface area contributed by atoms with Crippen molar-refractivity contribution in [3.63, 3.8) is 0 Å². The average molecular weight is 147 g/mol. The molecule has 0 spiro atoms. The zero-order valence-corrected chi connectivity index (χ0v) is 5.69. The fraction of sp³-hybridized carbons (Fsp3) is 0.143. The molecular weight excluding hydrogens is 142 g/mol. The minimum Gasteiger partial charge on any atom is -0.399 e. The Morgan fingerprint density at radius 3 is 2.91 bits per heavy atom. The number of nitriles is 2. The maximum Gasteiger partial charge on any atom is 0.200 e. The van der Waals surface area contributed by atoms with Crippen LogP contribution in [0, 0.1) is 22.7 Å². The van der Waals surface area contributed by atoms with E-state index in [9.17, 15) is 0 Å². The van der Waals surface area contributed by atoms with Crippen LogP contribution in [0.4, 0.5) is 0 Å². The van der Waals surface area contributed by atoms with Crippen molar-refractivity contribution in [2.45, 2.75) is 0 Å². The van der Waals surface area contributed by atoms with Crippen LogP contribution in [0.3, 0.4) is 0 Å². The minimum absolute atomic E-state index is 0.0143. The van der Waals surface area contributed by atoms with Gasteiger partial charge in [0.25, 0.3) is 0 Å². The highest BCUT2D eigenvalue weighted by Gasteiger charge is 1.93. The van der Waals surface area contributed by atoms with Gasteiger partial charge in [0.05, 0.1) is 11.8 Å². The molecule has 0 bridgehead atoms. The Hall–Kier alpha value is -1.94. The maximum absolute atomic E-state index is 8.39. The summed E-state index contributed by atoms with van der Waals surface area (Å²) in [6.45, 7) is -0.0143. The van der Waals surface area contributed by atoms with Crippen LogP contribution in [0.25, 0.3) is 0 Å². The summed E-state index contributed by atoms with van der Waals surface area (Å²) in [5, 5.41) is 16.5. The summed E-state index contributed by atoms with van der Waals surface area (Å²) in [6, 6.07) is 5.37. The van der Waals surface area contributed by atoms with E-state index in [1.54, 1.807) is 12.3 Å². The van der Waals surface area contributed by atoms with Crippen LogP contribution in [-0.2, 0) is 0 Å². The van der Waals surface area contributed by atoms with Crippen molar-refractivity contribution < 1.29 is 4.84 Å². The molecule has 4 heteroatoms. The summed E-state index contributed by atoms with van der Waals surface area (Å²) < 4.78 is 1.34. The molecule has 54 valence electrons. The summed E-state index contributed by atoms with van der Waals surface area (Å²) in [5.41, 5.74) is 0.517. The van der Waals surface area contributed by atoms with E-state index in [1.807, 2.05) is 12.1 Å². The van der Waals surface area contributed by atoms with Crippen LogP contribution >= 0.6 is 0 Å². The number of rotatable bonds is 2. The fourth-order valence-corrected chi connectivity index (χ4v) is 0.627. The van der Waals surface area contributed by atoms with E-state index in [-0.39, 0.29) is 6.61 Å². The molecule has 0 fully saturated rings. The van der Waals surface area contributed by atoms with Crippen LogP contribution in [0.1, 0.15) is 5.56 Å². The van der Waals surface area contributed by atoms with Gasteiger partial charge < -0.3 is 4.84 Å². The molecule has 1 aromatic heterocycles. The highest BCUT2D eigenvalue weighted by atomic mass is 16.7. The molecule has 0 aliphatic rings. The molecular formula is C7H5N3O. The predicted molar refractivity (Wildman–Crippen MR) is 36.2 cm³/mol. The molecule has 0 amide bonds. The van der Waals surface area contributed by atoms with E-state index in [1.165, 1.54) is 10.9 Å². The molecule has 1 heterocycles. The Kier molecular flexibility index (Phi) is 2.14. The lowest BCUT2D eigenvalue weighted by molar-refractivity contribution is 0.139. The first-order chi connectivity index (χ1) is 5.36. The average Bonchev–Trinajstić information content (AvgIpc) is 2.48. The summed E-state index contributed by atoms with van der Waals surface area (Å²) in [4.78, 5) is 4.84. The fourth-order valence-electron chi connectivity index (χ4n) is 0.627.